The highest BCUT2D eigenvalue weighted by Crippen LogP contribution is 2.29. The summed E-state index contributed by atoms with van der Waals surface area (Å²) in [6, 6.07) is 2.67. The van der Waals surface area contributed by atoms with Crippen LogP contribution in [-0.2, 0) is 6.42 Å². The zero-order chi connectivity index (χ0) is 12.1. The summed E-state index contributed by atoms with van der Waals surface area (Å²) in [4.78, 5) is 4.02. The third-order valence-electron chi connectivity index (χ3n) is 3.92. The lowest BCUT2D eigenvalue weighted by Gasteiger charge is -2.23. The third-order valence-corrected chi connectivity index (χ3v) is 4.26. The van der Waals surface area contributed by atoms with Crippen LogP contribution in [0.25, 0.3) is 0 Å². The van der Waals surface area contributed by atoms with Crippen molar-refractivity contribution in [1.82, 2.24) is 10.3 Å². The molecular formula is C14H21ClN2. The van der Waals surface area contributed by atoms with Crippen molar-refractivity contribution in [2.45, 2.75) is 44.6 Å². The van der Waals surface area contributed by atoms with E-state index in [4.69, 9.17) is 11.6 Å². The Morgan fingerprint density at radius 2 is 2.24 bits per heavy atom. The predicted molar refractivity (Wildman–Crippen MR) is 72.4 cm³/mol. The van der Waals surface area contributed by atoms with Crippen molar-refractivity contribution in [2.24, 2.45) is 5.92 Å². The third kappa shape index (κ3) is 3.43. The Morgan fingerprint density at radius 1 is 1.47 bits per heavy atom. The van der Waals surface area contributed by atoms with E-state index >= 15 is 0 Å². The van der Waals surface area contributed by atoms with Crippen LogP contribution in [0, 0.1) is 5.92 Å². The average molecular weight is 253 g/mol. The SMILES string of the molecule is CNC(CCc1ccncc1Cl)C1CCCC1. The Kier molecular flexibility index (Phi) is 4.81. The lowest BCUT2D eigenvalue weighted by atomic mass is 9.93. The van der Waals surface area contributed by atoms with Gasteiger partial charge in [-0.05, 0) is 50.3 Å². The van der Waals surface area contributed by atoms with Crippen LogP contribution >= 0.6 is 11.6 Å². The quantitative estimate of drug-likeness (QED) is 0.868. The van der Waals surface area contributed by atoms with E-state index in [1.165, 1.54) is 37.7 Å². The van der Waals surface area contributed by atoms with Crippen LogP contribution in [0.4, 0.5) is 0 Å². The van der Waals surface area contributed by atoms with E-state index in [1.807, 2.05) is 12.3 Å². The van der Waals surface area contributed by atoms with E-state index < -0.39 is 0 Å². The van der Waals surface area contributed by atoms with Gasteiger partial charge in [-0.2, -0.15) is 0 Å². The molecule has 17 heavy (non-hydrogen) atoms. The highest BCUT2D eigenvalue weighted by Gasteiger charge is 2.23. The molecule has 1 aliphatic rings. The molecule has 0 amide bonds. The summed E-state index contributed by atoms with van der Waals surface area (Å²) in [6.45, 7) is 0. The molecule has 0 spiro atoms. The summed E-state index contributed by atoms with van der Waals surface area (Å²) in [5.74, 6) is 0.862. The van der Waals surface area contributed by atoms with Crippen LogP contribution in [0.15, 0.2) is 18.5 Å². The van der Waals surface area contributed by atoms with Gasteiger partial charge >= 0.3 is 0 Å². The molecule has 0 bridgehead atoms. The molecule has 1 aromatic heterocycles. The molecule has 1 N–H and O–H groups in total. The van der Waals surface area contributed by atoms with E-state index in [0.29, 0.717) is 6.04 Å². The fraction of sp³-hybridized carbons (Fsp3) is 0.643. The Labute approximate surface area is 109 Å². The van der Waals surface area contributed by atoms with Gasteiger partial charge in [0.15, 0.2) is 0 Å². The monoisotopic (exact) mass is 252 g/mol. The second kappa shape index (κ2) is 6.36. The number of halogens is 1. The van der Waals surface area contributed by atoms with Crippen molar-refractivity contribution < 1.29 is 0 Å². The number of nitrogens with zero attached hydrogens (tertiary/aromatic N) is 1. The minimum absolute atomic E-state index is 0.640. The second-order valence-corrected chi connectivity index (χ2v) is 5.35. The van der Waals surface area contributed by atoms with Crippen molar-refractivity contribution >= 4 is 11.6 Å². The first-order valence-electron chi connectivity index (χ1n) is 6.57. The van der Waals surface area contributed by atoms with Gasteiger partial charge in [0.2, 0.25) is 0 Å². The summed E-state index contributed by atoms with van der Waals surface area (Å²) in [7, 11) is 2.08. The summed E-state index contributed by atoms with van der Waals surface area (Å²) >= 11 is 6.13. The zero-order valence-electron chi connectivity index (χ0n) is 10.5. The number of pyridine rings is 1. The number of hydrogen-bond donors (Lipinski definition) is 1. The Hall–Kier alpha value is -0.600. The molecule has 1 fully saturated rings. The van der Waals surface area contributed by atoms with Gasteiger partial charge in [0.1, 0.15) is 0 Å². The Bertz CT molecular complexity index is 348. The van der Waals surface area contributed by atoms with Gasteiger partial charge in [-0.25, -0.2) is 0 Å². The standard InChI is InChI=1S/C14H21ClN2/c1-16-14(12-4-2-3-5-12)7-6-11-8-9-17-10-13(11)15/h8-10,12,14,16H,2-7H2,1H3. The van der Waals surface area contributed by atoms with Crippen molar-refractivity contribution in [3.8, 4) is 0 Å². The first-order valence-corrected chi connectivity index (χ1v) is 6.94. The predicted octanol–water partition coefficient (Wildman–Crippen LogP) is 3.45. The van der Waals surface area contributed by atoms with Crippen molar-refractivity contribution in [3.63, 3.8) is 0 Å². The molecule has 1 saturated carbocycles. The molecule has 2 nitrogen and oxygen atoms in total. The minimum Gasteiger partial charge on any atom is -0.317 e. The largest absolute Gasteiger partial charge is 0.317 e. The van der Waals surface area contributed by atoms with Crippen molar-refractivity contribution in [3.05, 3.63) is 29.0 Å². The van der Waals surface area contributed by atoms with Crippen LogP contribution in [0.5, 0.6) is 0 Å². The highest BCUT2D eigenvalue weighted by atomic mass is 35.5. The smallest absolute Gasteiger partial charge is 0.0621 e. The molecule has 1 atom stereocenters. The van der Waals surface area contributed by atoms with Gasteiger partial charge in [0.05, 0.1) is 5.02 Å². The van der Waals surface area contributed by atoms with Gasteiger partial charge in [0, 0.05) is 18.4 Å². The summed E-state index contributed by atoms with van der Waals surface area (Å²) in [5.41, 5.74) is 1.22. The van der Waals surface area contributed by atoms with Gasteiger partial charge < -0.3 is 5.32 Å². The van der Waals surface area contributed by atoms with Crippen LogP contribution in [0.3, 0.4) is 0 Å². The van der Waals surface area contributed by atoms with Crippen LogP contribution in [-0.4, -0.2) is 18.1 Å². The number of nitrogens with one attached hydrogen (secondary N) is 1. The molecule has 0 radical (unpaired) electrons. The molecule has 0 aromatic carbocycles. The maximum absolute atomic E-state index is 6.13. The number of hydrogen-bond acceptors (Lipinski definition) is 2. The zero-order valence-corrected chi connectivity index (χ0v) is 11.2. The summed E-state index contributed by atoms with van der Waals surface area (Å²) in [6.07, 6.45) is 11.4. The lowest BCUT2D eigenvalue weighted by Crippen LogP contribution is -2.32. The molecule has 1 heterocycles. The highest BCUT2D eigenvalue weighted by molar-refractivity contribution is 6.31. The Balaban J connectivity index is 1.89. The van der Waals surface area contributed by atoms with Gasteiger partial charge in [-0.1, -0.05) is 24.4 Å². The lowest BCUT2D eigenvalue weighted by molar-refractivity contribution is 0.360. The van der Waals surface area contributed by atoms with Gasteiger partial charge in [-0.15, -0.1) is 0 Å². The molecule has 1 aliphatic carbocycles. The molecular weight excluding hydrogens is 232 g/mol. The fourth-order valence-corrected chi connectivity index (χ4v) is 3.11. The fourth-order valence-electron chi connectivity index (χ4n) is 2.89. The molecule has 0 saturated heterocycles. The minimum atomic E-state index is 0.640. The molecule has 0 aliphatic heterocycles. The topological polar surface area (TPSA) is 24.9 Å². The number of aryl methyl sites for hydroxylation is 1. The first-order chi connectivity index (χ1) is 8.31. The van der Waals surface area contributed by atoms with E-state index in [-0.39, 0.29) is 0 Å². The number of rotatable bonds is 5. The van der Waals surface area contributed by atoms with Crippen LogP contribution in [0.2, 0.25) is 5.02 Å². The van der Waals surface area contributed by atoms with Crippen molar-refractivity contribution in [1.29, 1.82) is 0 Å². The molecule has 2 rings (SSSR count). The van der Waals surface area contributed by atoms with E-state index in [0.717, 1.165) is 17.4 Å². The molecule has 3 heteroatoms. The van der Waals surface area contributed by atoms with Crippen LogP contribution < -0.4 is 5.32 Å². The second-order valence-electron chi connectivity index (χ2n) is 4.95. The van der Waals surface area contributed by atoms with E-state index in [1.54, 1.807) is 6.20 Å². The Morgan fingerprint density at radius 3 is 2.88 bits per heavy atom. The van der Waals surface area contributed by atoms with E-state index in [2.05, 4.69) is 17.3 Å². The summed E-state index contributed by atoms with van der Waals surface area (Å²) in [5, 5.41) is 4.27. The maximum atomic E-state index is 6.13. The normalized spacial score (nSPS) is 18.5. The molecule has 1 unspecified atom stereocenters. The number of aromatic nitrogens is 1. The van der Waals surface area contributed by atoms with E-state index in [9.17, 15) is 0 Å². The maximum Gasteiger partial charge on any atom is 0.0621 e. The molecule has 94 valence electrons. The van der Waals surface area contributed by atoms with Gasteiger partial charge in [-0.3, -0.25) is 4.98 Å². The average Bonchev–Trinajstić information content (AvgIpc) is 2.86. The van der Waals surface area contributed by atoms with Crippen molar-refractivity contribution in [2.75, 3.05) is 7.05 Å². The molecule has 1 aromatic rings. The van der Waals surface area contributed by atoms with Crippen LogP contribution in [0.1, 0.15) is 37.7 Å². The first kappa shape index (κ1) is 12.8. The summed E-state index contributed by atoms with van der Waals surface area (Å²) < 4.78 is 0. The van der Waals surface area contributed by atoms with Gasteiger partial charge in [0.25, 0.3) is 0 Å².